The first kappa shape index (κ1) is 11.9. The van der Waals surface area contributed by atoms with Crippen molar-refractivity contribution >= 4 is 28.2 Å². The molecule has 0 spiro atoms. The van der Waals surface area contributed by atoms with Crippen LogP contribution in [-0.2, 0) is 0 Å². The molecule has 0 fully saturated rings. The third kappa shape index (κ3) is 3.17. The Morgan fingerprint density at radius 2 is 2.07 bits per heavy atom. The molecule has 0 radical (unpaired) electrons. The fraction of sp³-hybridized carbons (Fsp3) is 0.700. The van der Waals surface area contributed by atoms with Crippen LogP contribution in [0.1, 0.15) is 24.4 Å². The molecule has 1 aromatic rings. The zero-order valence-electron chi connectivity index (χ0n) is 9.47. The average molecular weight is 230 g/mol. The Morgan fingerprint density at radius 3 is 2.50 bits per heavy atom. The molecule has 0 aliphatic rings. The molecule has 1 rings (SSSR count). The Kier molecular flexibility index (Phi) is 3.84. The van der Waals surface area contributed by atoms with Crippen LogP contribution in [0.5, 0.6) is 0 Å². The maximum Gasteiger partial charge on any atom is 0.183 e. The first-order valence-electron chi connectivity index (χ1n) is 4.67. The van der Waals surface area contributed by atoms with Gasteiger partial charge >= 0.3 is 0 Å². The molecule has 0 saturated heterocycles. The second-order valence-corrected chi connectivity index (χ2v) is 6.69. The van der Waals surface area contributed by atoms with E-state index in [9.17, 15) is 0 Å². The smallest absolute Gasteiger partial charge is 0.183 e. The highest BCUT2D eigenvalue weighted by Crippen LogP contribution is 2.25. The van der Waals surface area contributed by atoms with E-state index in [1.165, 1.54) is 4.88 Å². The van der Waals surface area contributed by atoms with E-state index in [1.807, 2.05) is 11.8 Å². The molecule has 1 heterocycles. The third-order valence-corrected chi connectivity index (χ3v) is 4.53. The summed E-state index contributed by atoms with van der Waals surface area (Å²) in [5, 5.41) is 4.43. The van der Waals surface area contributed by atoms with Crippen molar-refractivity contribution in [2.24, 2.45) is 0 Å². The lowest BCUT2D eigenvalue weighted by Gasteiger charge is -2.21. The summed E-state index contributed by atoms with van der Waals surface area (Å²) in [4.78, 5) is 5.75. The van der Waals surface area contributed by atoms with Crippen LogP contribution in [0.3, 0.4) is 0 Å². The lowest BCUT2D eigenvalue weighted by atomic mass is 10.2. The first-order valence-corrected chi connectivity index (χ1v) is 6.72. The van der Waals surface area contributed by atoms with E-state index < -0.39 is 0 Å². The van der Waals surface area contributed by atoms with Crippen molar-refractivity contribution in [1.29, 1.82) is 0 Å². The van der Waals surface area contributed by atoms with Gasteiger partial charge in [-0.2, -0.15) is 11.8 Å². The monoisotopic (exact) mass is 230 g/mol. The van der Waals surface area contributed by atoms with Crippen LogP contribution < -0.4 is 5.32 Å². The summed E-state index contributed by atoms with van der Waals surface area (Å²) < 4.78 is 0.271. The van der Waals surface area contributed by atoms with Crippen LogP contribution in [-0.4, -0.2) is 22.5 Å². The molecular weight excluding hydrogens is 212 g/mol. The average Bonchev–Trinajstić information content (AvgIpc) is 2.44. The Bertz CT molecular complexity index is 286. The molecule has 1 aromatic heterocycles. The maximum absolute atomic E-state index is 4.45. The maximum atomic E-state index is 4.45. The highest BCUT2D eigenvalue weighted by atomic mass is 32.2. The molecule has 80 valence electrons. The molecule has 0 bridgehead atoms. The van der Waals surface area contributed by atoms with Gasteiger partial charge in [0.1, 0.15) is 0 Å². The van der Waals surface area contributed by atoms with Gasteiger partial charge in [0.2, 0.25) is 0 Å². The Balaban J connectivity index is 2.54. The molecule has 1 N–H and O–H groups in total. The predicted molar refractivity (Wildman–Crippen MR) is 67.7 cm³/mol. The quantitative estimate of drug-likeness (QED) is 0.859. The Hall–Kier alpha value is -0.220. The number of aromatic nitrogens is 1. The van der Waals surface area contributed by atoms with Crippen LogP contribution in [0.15, 0.2) is 0 Å². The van der Waals surface area contributed by atoms with E-state index in [0.717, 1.165) is 17.4 Å². The van der Waals surface area contributed by atoms with Crippen molar-refractivity contribution in [3.8, 4) is 0 Å². The van der Waals surface area contributed by atoms with Crippen molar-refractivity contribution in [2.75, 3.05) is 18.1 Å². The third-order valence-electron chi connectivity index (χ3n) is 2.25. The van der Waals surface area contributed by atoms with E-state index >= 15 is 0 Å². The predicted octanol–water partition coefficient (Wildman–Crippen LogP) is 3.31. The van der Waals surface area contributed by atoms with Crippen molar-refractivity contribution < 1.29 is 0 Å². The number of aryl methyl sites for hydroxylation is 2. The molecule has 0 aliphatic carbocycles. The molecule has 2 nitrogen and oxygen atoms in total. The molecule has 0 saturated carbocycles. The molecule has 14 heavy (non-hydrogen) atoms. The lowest BCUT2D eigenvalue weighted by Crippen LogP contribution is -2.25. The SMILES string of the molecule is CSC(C)(C)CNc1nc(C)c(C)s1. The van der Waals surface area contributed by atoms with E-state index in [-0.39, 0.29) is 4.75 Å². The van der Waals surface area contributed by atoms with Crippen molar-refractivity contribution in [3.63, 3.8) is 0 Å². The lowest BCUT2D eigenvalue weighted by molar-refractivity contribution is 0.752. The molecule has 0 unspecified atom stereocenters. The van der Waals surface area contributed by atoms with Gasteiger partial charge in [0.15, 0.2) is 5.13 Å². The topological polar surface area (TPSA) is 24.9 Å². The van der Waals surface area contributed by atoms with Crippen LogP contribution in [0, 0.1) is 13.8 Å². The Morgan fingerprint density at radius 1 is 1.43 bits per heavy atom. The summed E-state index contributed by atoms with van der Waals surface area (Å²) in [7, 11) is 0. The van der Waals surface area contributed by atoms with Gasteiger partial charge in [0.05, 0.1) is 5.69 Å². The zero-order valence-corrected chi connectivity index (χ0v) is 11.1. The second kappa shape index (κ2) is 4.53. The van der Waals surface area contributed by atoms with Crippen LogP contribution >= 0.6 is 23.1 Å². The van der Waals surface area contributed by atoms with Gasteiger partial charge in [-0.3, -0.25) is 0 Å². The molecule has 0 atom stereocenters. The number of hydrogen-bond acceptors (Lipinski definition) is 4. The first-order chi connectivity index (χ1) is 6.44. The number of thiazole rings is 1. The van der Waals surface area contributed by atoms with Crippen LogP contribution in [0.2, 0.25) is 0 Å². The molecular formula is C10H18N2S2. The van der Waals surface area contributed by atoms with Crippen molar-refractivity contribution in [3.05, 3.63) is 10.6 Å². The van der Waals surface area contributed by atoms with Gasteiger partial charge in [0.25, 0.3) is 0 Å². The summed E-state index contributed by atoms with van der Waals surface area (Å²) in [6, 6.07) is 0. The van der Waals surface area contributed by atoms with E-state index in [2.05, 4.69) is 44.3 Å². The minimum Gasteiger partial charge on any atom is -0.360 e. The number of nitrogens with one attached hydrogen (secondary N) is 1. The second-order valence-electron chi connectivity index (χ2n) is 3.98. The summed E-state index contributed by atoms with van der Waals surface area (Å²) >= 11 is 3.61. The number of hydrogen-bond donors (Lipinski definition) is 1. The van der Waals surface area contributed by atoms with Gasteiger partial charge in [-0.15, -0.1) is 11.3 Å². The molecule has 0 amide bonds. The van der Waals surface area contributed by atoms with Crippen LogP contribution in [0.25, 0.3) is 0 Å². The van der Waals surface area contributed by atoms with Gasteiger partial charge in [-0.05, 0) is 34.0 Å². The fourth-order valence-electron chi connectivity index (χ4n) is 0.909. The minimum atomic E-state index is 0.271. The summed E-state index contributed by atoms with van der Waals surface area (Å²) in [6.07, 6.45) is 2.14. The molecule has 4 heteroatoms. The Labute approximate surface area is 94.5 Å². The molecule has 0 aromatic carbocycles. The van der Waals surface area contributed by atoms with E-state index in [4.69, 9.17) is 0 Å². The van der Waals surface area contributed by atoms with Gasteiger partial charge in [-0.25, -0.2) is 4.98 Å². The van der Waals surface area contributed by atoms with Crippen molar-refractivity contribution in [1.82, 2.24) is 4.98 Å². The summed E-state index contributed by atoms with van der Waals surface area (Å²) in [6.45, 7) is 9.59. The fourth-order valence-corrected chi connectivity index (χ4v) is 1.94. The zero-order chi connectivity index (χ0) is 10.8. The highest BCUT2D eigenvalue weighted by Gasteiger charge is 2.16. The minimum absolute atomic E-state index is 0.271. The number of thioether (sulfide) groups is 1. The van der Waals surface area contributed by atoms with Gasteiger partial charge in [0, 0.05) is 16.2 Å². The normalized spacial score (nSPS) is 11.8. The summed E-state index contributed by atoms with van der Waals surface area (Å²) in [5.41, 5.74) is 1.14. The largest absolute Gasteiger partial charge is 0.360 e. The number of anilines is 1. The number of rotatable bonds is 4. The van der Waals surface area contributed by atoms with E-state index in [1.54, 1.807) is 11.3 Å². The van der Waals surface area contributed by atoms with Gasteiger partial charge in [-0.1, -0.05) is 0 Å². The molecule has 0 aliphatic heterocycles. The summed E-state index contributed by atoms with van der Waals surface area (Å²) in [5.74, 6) is 0. The van der Waals surface area contributed by atoms with Gasteiger partial charge < -0.3 is 5.32 Å². The standard InChI is InChI=1S/C10H18N2S2/c1-7-8(2)14-9(12-7)11-6-10(3,4)13-5/h6H2,1-5H3,(H,11,12). The number of nitrogens with zero attached hydrogens (tertiary/aromatic N) is 1. The highest BCUT2D eigenvalue weighted by molar-refractivity contribution is 7.99. The van der Waals surface area contributed by atoms with E-state index in [0.29, 0.717) is 0 Å². The van der Waals surface area contributed by atoms with Crippen LogP contribution in [0.4, 0.5) is 5.13 Å². The van der Waals surface area contributed by atoms with Crippen molar-refractivity contribution in [2.45, 2.75) is 32.4 Å².